The number of hydrogen-bond acceptors (Lipinski definition) is 4. The minimum absolute atomic E-state index is 0.0620. The van der Waals surface area contributed by atoms with Gasteiger partial charge in [-0.3, -0.25) is 4.79 Å². The maximum atomic E-state index is 11.6. The second-order valence-electron chi connectivity index (χ2n) is 8.91. The molecule has 0 radical (unpaired) electrons. The van der Waals surface area contributed by atoms with E-state index < -0.39 is 18.3 Å². The molecule has 1 saturated carbocycles. The highest BCUT2D eigenvalue weighted by atomic mass is 16.3. The number of carbonyl (C=O) groups is 1. The summed E-state index contributed by atoms with van der Waals surface area (Å²) in [6.07, 6.45) is 10.6. The van der Waals surface area contributed by atoms with Crippen LogP contribution >= 0.6 is 0 Å². The summed E-state index contributed by atoms with van der Waals surface area (Å²) in [7, 11) is 0. The number of amides is 1. The van der Waals surface area contributed by atoms with Crippen LogP contribution in [0.5, 0.6) is 0 Å². The molecule has 172 valence electrons. The molecule has 1 amide bonds. The highest BCUT2D eigenvalue weighted by Gasteiger charge is 2.39. The standard InChI is InChI=1S/C26H39NO4/c1-19(2)27-26(31)13-9-4-3-8-12-22-23(25(30)18-24(22)29)17-16-21(28)15-14-20-10-6-5-7-11-20/h3,5-8,10-11,16-17,19,21-25,28-30H,4,9,12-15,18H2,1-2H3,(H,27,31)/b8-3+,17-16+/t21-,22+,23+,24-,25+/m0/s1. The third-order valence-corrected chi connectivity index (χ3v) is 5.84. The van der Waals surface area contributed by atoms with Gasteiger partial charge in [-0.05, 0) is 57.4 Å². The molecule has 5 atom stereocenters. The molecule has 0 aromatic heterocycles. The van der Waals surface area contributed by atoms with Crippen LogP contribution in [-0.4, -0.2) is 45.6 Å². The van der Waals surface area contributed by atoms with Gasteiger partial charge in [0.1, 0.15) is 0 Å². The molecule has 0 spiro atoms. The van der Waals surface area contributed by atoms with E-state index in [2.05, 4.69) is 11.4 Å². The summed E-state index contributed by atoms with van der Waals surface area (Å²) in [5, 5.41) is 33.9. The van der Waals surface area contributed by atoms with E-state index in [9.17, 15) is 20.1 Å². The first-order valence-corrected chi connectivity index (χ1v) is 11.6. The average molecular weight is 430 g/mol. The fraction of sp³-hybridized carbons (Fsp3) is 0.577. The normalized spacial score (nSPS) is 25.0. The van der Waals surface area contributed by atoms with Gasteiger partial charge in [-0.1, -0.05) is 54.6 Å². The molecule has 1 aromatic carbocycles. The Balaban J connectivity index is 1.77. The Morgan fingerprint density at radius 2 is 1.90 bits per heavy atom. The smallest absolute Gasteiger partial charge is 0.220 e. The highest BCUT2D eigenvalue weighted by molar-refractivity contribution is 5.76. The van der Waals surface area contributed by atoms with E-state index in [4.69, 9.17) is 0 Å². The summed E-state index contributed by atoms with van der Waals surface area (Å²) >= 11 is 0. The minimum atomic E-state index is -0.592. The highest BCUT2D eigenvalue weighted by Crippen LogP contribution is 2.36. The van der Waals surface area contributed by atoms with Crippen molar-refractivity contribution >= 4 is 5.91 Å². The Bertz CT molecular complexity index is 701. The molecule has 0 bridgehead atoms. The lowest BCUT2D eigenvalue weighted by Crippen LogP contribution is -2.29. The topological polar surface area (TPSA) is 89.8 Å². The molecule has 2 rings (SSSR count). The summed E-state index contributed by atoms with van der Waals surface area (Å²) in [4.78, 5) is 11.6. The lowest BCUT2D eigenvalue weighted by molar-refractivity contribution is -0.121. The Morgan fingerprint density at radius 3 is 2.61 bits per heavy atom. The summed E-state index contributed by atoms with van der Waals surface area (Å²) < 4.78 is 0. The summed E-state index contributed by atoms with van der Waals surface area (Å²) in [5.41, 5.74) is 1.19. The molecule has 0 heterocycles. The SMILES string of the molecule is CC(C)NC(=O)CCC/C=C/C[C@@H]1[C@@H](/C=C/[C@@H](O)CCc2ccccc2)[C@H](O)C[C@@H]1O. The van der Waals surface area contributed by atoms with Gasteiger partial charge in [-0.15, -0.1) is 0 Å². The molecule has 5 heteroatoms. The van der Waals surface area contributed by atoms with Gasteiger partial charge >= 0.3 is 0 Å². The van der Waals surface area contributed by atoms with Crippen LogP contribution in [0.2, 0.25) is 0 Å². The van der Waals surface area contributed by atoms with Gasteiger partial charge in [-0.2, -0.15) is 0 Å². The number of carbonyl (C=O) groups excluding carboxylic acids is 1. The number of rotatable bonds is 12. The third-order valence-electron chi connectivity index (χ3n) is 5.84. The Morgan fingerprint density at radius 1 is 1.16 bits per heavy atom. The van der Waals surface area contributed by atoms with Crippen LogP contribution in [0.4, 0.5) is 0 Å². The largest absolute Gasteiger partial charge is 0.393 e. The number of nitrogens with one attached hydrogen (secondary N) is 1. The van der Waals surface area contributed by atoms with E-state index in [0.29, 0.717) is 25.7 Å². The van der Waals surface area contributed by atoms with E-state index in [1.165, 1.54) is 5.56 Å². The van der Waals surface area contributed by atoms with Crippen LogP contribution in [0.1, 0.15) is 57.9 Å². The Hall–Kier alpha value is -1.95. The predicted octanol–water partition coefficient (Wildman–Crippen LogP) is 3.54. The van der Waals surface area contributed by atoms with E-state index in [0.717, 1.165) is 19.3 Å². The van der Waals surface area contributed by atoms with Crippen LogP contribution in [0.15, 0.2) is 54.6 Å². The van der Waals surface area contributed by atoms with Crippen LogP contribution < -0.4 is 5.32 Å². The zero-order valence-corrected chi connectivity index (χ0v) is 18.9. The molecule has 31 heavy (non-hydrogen) atoms. The van der Waals surface area contributed by atoms with Gasteiger partial charge < -0.3 is 20.6 Å². The van der Waals surface area contributed by atoms with E-state index in [1.807, 2.05) is 56.3 Å². The predicted molar refractivity (Wildman–Crippen MR) is 124 cm³/mol. The molecule has 1 fully saturated rings. The van der Waals surface area contributed by atoms with Crippen molar-refractivity contribution in [1.29, 1.82) is 0 Å². The Kier molecular flexibility index (Phi) is 11.0. The fourth-order valence-electron chi connectivity index (χ4n) is 4.16. The summed E-state index contributed by atoms with van der Waals surface area (Å²) in [6.45, 7) is 3.90. The van der Waals surface area contributed by atoms with E-state index in [-0.39, 0.29) is 23.8 Å². The molecule has 0 saturated heterocycles. The molecule has 1 aromatic rings. The lowest BCUT2D eigenvalue weighted by atomic mass is 9.89. The average Bonchev–Trinajstić information content (AvgIpc) is 3.00. The summed E-state index contributed by atoms with van der Waals surface area (Å²) in [5.74, 6) is -0.148. The maximum absolute atomic E-state index is 11.6. The van der Waals surface area contributed by atoms with Gasteiger partial charge in [0.2, 0.25) is 5.91 Å². The van der Waals surface area contributed by atoms with Gasteiger partial charge in [0.15, 0.2) is 0 Å². The first-order chi connectivity index (χ1) is 14.9. The molecular formula is C26H39NO4. The minimum Gasteiger partial charge on any atom is -0.393 e. The van der Waals surface area contributed by atoms with Crippen LogP contribution in [-0.2, 0) is 11.2 Å². The van der Waals surface area contributed by atoms with Crippen molar-refractivity contribution in [2.45, 2.75) is 83.1 Å². The van der Waals surface area contributed by atoms with Crippen LogP contribution in [0, 0.1) is 11.8 Å². The van der Waals surface area contributed by atoms with Crippen molar-refractivity contribution in [2.24, 2.45) is 11.8 Å². The van der Waals surface area contributed by atoms with Crippen LogP contribution in [0.3, 0.4) is 0 Å². The number of aliphatic hydroxyl groups is 3. The number of unbranched alkanes of at least 4 members (excludes halogenated alkanes) is 1. The van der Waals surface area contributed by atoms with Gasteiger partial charge in [0, 0.05) is 24.8 Å². The fourth-order valence-corrected chi connectivity index (χ4v) is 4.16. The van der Waals surface area contributed by atoms with Crippen molar-refractivity contribution in [3.05, 3.63) is 60.2 Å². The third kappa shape index (κ3) is 9.38. The van der Waals surface area contributed by atoms with Crippen molar-refractivity contribution in [1.82, 2.24) is 5.32 Å². The monoisotopic (exact) mass is 429 g/mol. The lowest BCUT2D eigenvalue weighted by Gasteiger charge is -2.19. The molecule has 0 unspecified atom stereocenters. The molecule has 4 N–H and O–H groups in total. The Labute approximate surface area is 186 Å². The van der Waals surface area contributed by atoms with Gasteiger partial charge in [-0.25, -0.2) is 0 Å². The molecule has 1 aliphatic carbocycles. The molecule has 1 aliphatic rings. The number of aryl methyl sites for hydroxylation is 1. The zero-order chi connectivity index (χ0) is 22.6. The van der Waals surface area contributed by atoms with Crippen molar-refractivity contribution in [3.8, 4) is 0 Å². The van der Waals surface area contributed by atoms with E-state index in [1.54, 1.807) is 6.08 Å². The first-order valence-electron chi connectivity index (χ1n) is 11.6. The second kappa shape index (κ2) is 13.5. The number of aliphatic hydroxyl groups excluding tert-OH is 3. The van der Waals surface area contributed by atoms with Crippen LogP contribution in [0.25, 0.3) is 0 Å². The van der Waals surface area contributed by atoms with E-state index >= 15 is 0 Å². The summed E-state index contributed by atoms with van der Waals surface area (Å²) in [6, 6.07) is 10.2. The first kappa shape index (κ1) is 25.3. The molecular weight excluding hydrogens is 390 g/mol. The maximum Gasteiger partial charge on any atom is 0.220 e. The quantitative estimate of drug-likeness (QED) is 0.302. The second-order valence-corrected chi connectivity index (χ2v) is 8.91. The van der Waals surface area contributed by atoms with Crippen molar-refractivity contribution in [3.63, 3.8) is 0 Å². The number of allylic oxidation sites excluding steroid dienone is 2. The number of hydrogen-bond donors (Lipinski definition) is 4. The molecule has 0 aliphatic heterocycles. The van der Waals surface area contributed by atoms with Crippen molar-refractivity contribution < 1.29 is 20.1 Å². The zero-order valence-electron chi connectivity index (χ0n) is 18.9. The van der Waals surface area contributed by atoms with Gasteiger partial charge in [0.25, 0.3) is 0 Å². The van der Waals surface area contributed by atoms with Crippen molar-refractivity contribution in [2.75, 3.05) is 0 Å². The molecule has 5 nitrogen and oxygen atoms in total. The van der Waals surface area contributed by atoms with Gasteiger partial charge in [0.05, 0.1) is 18.3 Å². The number of benzene rings is 1.